The van der Waals surface area contributed by atoms with Crippen LogP contribution >= 0.6 is 0 Å². The predicted octanol–water partition coefficient (Wildman–Crippen LogP) is 0.273. The highest BCUT2D eigenvalue weighted by Gasteiger charge is 2.18. The van der Waals surface area contributed by atoms with Gasteiger partial charge in [0.15, 0.2) is 0 Å². The van der Waals surface area contributed by atoms with Crippen LogP contribution in [0.1, 0.15) is 0 Å². The summed E-state index contributed by atoms with van der Waals surface area (Å²) in [5.74, 6) is -1.41. The van der Waals surface area contributed by atoms with E-state index in [1.165, 1.54) is 19.1 Å². The highest BCUT2D eigenvalue weighted by molar-refractivity contribution is 5.92. The van der Waals surface area contributed by atoms with Crippen molar-refractivity contribution in [2.24, 2.45) is 0 Å². The van der Waals surface area contributed by atoms with Crippen LogP contribution in [0.2, 0.25) is 0 Å². The Kier molecular flexibility index (Phi) is 6.90. The number of para-hydroxylation sites is 1. The smallest absolute Gasteiger partial charge is 0.319 e. The lowest BCUT2D eigenvalue weighted by Crippen LogP contribution is -2.40. The maximum Gasteiger partial charge on any atom is 0.319 e. The number of hydrogen-bond donors (Lipinski definition) is 1. The molecule has 0 fully saturated rings. The first kappa shape index (κ1) is 16.6. The number of esters is 2. The lowest BCUT2D eigenvalue weighted by molar-refractivity contribution is -0.145. The molecule has 0 aromatic heterocycles. The van der Waals surface area contributed by atoms with E-state index in [0.29, 0.717) is 5.69 Å². The van der Waals surface area contributed by atoms with E-state index in [-0.39, 0.29) is 25.5 Å². The summed E-state index contributed by atoms with van der Waals surface area (Å²) in [6.07, 6.45) is 0. The number of ether oxygens (including phenoxy) is 2. The molecule has 0 saturated heterocycles. The second-order valence-electron chi connectivity index (χ2n) is 4.21. The van der Waals surface area contributed by atoms with Gasteiger partial charge < -0.3 is 14.8 Å². The lowest BCUT2D eigenvalue weighted by Gasteiger charge is -2.19. The zero-order chi connectivity index (χ0) is 15.7. The number of nitrogens with one attached hydrogen (secondary N) is 1. The van der Waals surface area contributed by atoms with Gasteiger partial charge in [-0.2, -0.15) is 0 Å². The normalized spacial score (nSPS) is 10.0. The molecule has 7 heteroatoms. The molecule has 1 amide bonds. The van der Waals surface area contributed by atoms with E-state index in [1.54, 1.807) is 24.3 Å². The standard InChI is InChI=1S/C14H18N2O5/c1-20-13(18)9-16(10-14(19)21-2)8-12(17)15-11-6-4-3-5-7-11/h3-7H,8-10H2,1-2H3,(H,15,17). The van der Waals surface area contributed by atoms with Crippen LogP contribution in [0.4, 0.5) is 5.69 Å². The summed E-state index contributed by atoms with van der Waals surface area (Å²) in [7, 11) is 2.48. The third-order valence-electron chi connectivity index (χ3n) is 2.59. The van der Waals surface area contributed by atoms with E-state index in [2.05, 4.69) is 14.8 Å². The molecule has 0 radical (unpaired) electrons. The summed E-state index contributed by atoms with van der Waals surface area (Å²) in [6.45, 7) is -0.472. The highest BCUT2D eigenvalue weighted by atomic mass is 16.5. The van der Waals surface area contributed by atoms with Crippen molar-refractivity contribution in [2.45, 2.75) is 0 Å². The van der Waals surface area contributed by atoms with Crippen LogP contribution in [-0.2, 0) is 23.9 Å². The van der Waals surface area contributed by atoms with Crippen LogP contribution in [0, 0.1) is 0 Å². The van der Waals surface area contributed by atoms with Gasteiger partial charge in [-0.15, -0.1) is 0 Å². The Morgan fingerprint density at radius 1 is 0.952 bits per heavy atom. The number of rotatable bonds is 7. The quantitative estimate of drug-likeness (QED) is 0.727. The van der Waals surface area contributed by atoms with Crippen LogP contribution in [0.25, 0.3) is 0 Å². The van der Waals surface area contributed by atoms with Crippen molar-refractivity contribution in [3.8, 4) is 0 Å². The Labute approximate surface area is 122 Å². The van der Waals surface area contributed by atoms with E-state index in [9.17, 15) is 14.4 Å². The van der Waals surface area contributed by atoms with Gasteiger partial charge in [0.2, 0.25) is 5.91 Å². The van der Waals surface area contributed by atoms with Gasteiger partial charge in [-0.25, -0.2) is 0 Å². The van der Waals surface area contributed by atoms with E-state index in [1.807, 2.05) is 6.07 Å². The molecule has 1 rings (SSSR count). The molecule has 1 N–H and O–H groups in total. The fourth-order valence-electron chi connectivity index (χ4n) is 1.59. The lowest BCUT2D eigenvalue weighted by atomic mass is 10.3. The fourth-order valence-corrected chi connectivity index (χ4v) is 1.59. The average molecular weight is 294 g/mol. The third-order valence-corrected chi connectivity index (χ3v) is 2.59. The van der Waals surface area contributed by atoms with Crippen molar-refractivity contribution < 1.29 is 23.9 Å². The van der Waals surface area contributed by atoms with Gasteiger partial charge in [-0.05, 0) is 12.1 Å². The average Bonchev–Trinajstić information content (AvgIpc) is 2.47. The highest BCUT2D eigenvalue weighted by Crippen LogP contribution is 2.05. The van der Waals surface area contributed by atoms with Crippen molar-refractivity contribution in [3.05, 3.63) is 30.3 Å². The molecule has 21 heavy (non-hydrogen) atoms. The minimum Gasteiger partial charge on any atom is -0.468 e. The van der Waals surface area contributed by atoms with E-state index in [4.69, 9.17) is 0 Å². The van der Waals surface area contributed by atoms with Gasteiger partial charge in [0.25, 0.3) is 0 Å². The van der Waals surface area contributed by atoms with E-state index >= 15 is 0 Å². The molecule has 0 aliphatic heterocycles. The first-order chi connectivity index (χ1) is 10.0. The topological polar surface area (TPSA) is 84.9 Å². The van der Waals surface area contributed by atoms with Crippen LogP contribution < -0.4 is 5.32 Å². The molecule has 0 atom stereocenters. The largest absolute Gasteiger partial charge is 0.468 e. The maximum absolute atomic E-state index is 11.9. The molecular weight excluding hydrogens is 276 g/mol. The monoisotopic (exact) mass is 294 g/mol. The Hall–Kier alpha value is -2.41. The summed E-state index contributed by atoms with van der Waals surface area (Å²) in [5.41, 5.74) is 0.638. The number of nitrogens with zero attached hydrogens (tertiary/aromatic N) is 1. The van der Waals surface area contributed by atoms with Crippen LogP contribution in [0.3, 0.4) is 0 Å². The molecule has 0 aliphatic carbocycles. The van der Waals surface area contributed by atoms with Gasteiger partial charge in [0.1, 0.15) is 0 Å². The zero-order valence-corrected chi connectivity index (χ0v) is 12.0. The maximum atomic E-state index is 11.9. The summed E-state index contributed by atoms with van der Waals surface area (Å²) >= 11 is 0. The molecule has 0 saturated carbocycles. The van der Waals surface area contributed by atoms with Crippen molar-refractivity contribution in [2.75, 3.05) is 39.2 Å². The first-order valence-corrected chi connectivity index (χ1v) is 6.26. The van der Waals surface area contributed by atoms with Crippen LogP contribution in [0.5, 0.6) is 0 Å². The molecule has 1 aromatic carbocycles. The molecule has 1 aromatic rings. The summed E-state index contributed by atoms with van der Waals surface area (Å²) < 4.78 is 9.06. The molecule has 7 nitrogen and oxygen atoms in total. The number of carbonyl (C=O) groups excluding carboxylic acids is 3. The summed E-state index contributed by atoms with van der Waals surface area (Å²) in [5, 5.41) is 2.67. The second kappa shape index (κ2) is 8.70. The van der Waals surface area contributed by atoms with Crippen molar-refractivity contribution >= 4 is 23.5 Å². The van der Waals surface area contributed by atoms with Gasteiger partial charge in [0.05, 0.1) is 33.9 Å². The van der Waals surface area contributed by atoms with Gasteiger partial charge in [-0.1, -0.05) is 18.2 Å². The van der Waals surface area contributed by atoms with Crippen molar-refractivity contribution in [1.29, 1.82) is 0 Å². The number of hydrogen-bond acceptors (Lipinski definition) is 6. The number of anilines is 1. The number of amides is 1. The molecule has 0 unspecified atom stereocenters. The minimum absolute atomic E-state index is 0.126. The fraction of sp³-hybridized carbons (Fsp3) is 0.357. The molecule has 0 bridgehead atoms. The first-order valence-electron chi connectivity index (χ1n) is 6.26. The van der Waals surface area contributed by atoms with Gasteiger partial charge >= 0.3 is 11.9 Å². The Bertz CT molecular complexity index is 471. The van der Waals surface area contributed by atoms with E-state index < -0.39 is 11.9 Å². The molecule has 114 valence electrons. The van der Waals surface area contributed by atoms with Crippen molar-refractivity contribution in [3.63, 3.8) is 0 Å². The molecular formula is C14H18N2O5. The molecule has 0 aliphatic rings. The van der Waals surface area contributed by atoms with E-state index in [0.717, 1.165) is 0 Å². The third kappa shape index (κ3) is 6.53. The van der Waals surface area contributed by atoms with Gasteiger partial charge in [-0.3, -0.25) is 19.3 Å². The minimum atomic E-state index is -0.536. The van der Waals surface area contributed by atoms with Crippen molar-refractivity contribution in [1.82, 2.24) is 4.90 Å². The SMILES string of the molecule is COC(=O)CN(CC(=O)Nc1ccccc1)CC(=O)OC. The number of carbonyl (C=O) groups is 3. The number of methoxy groups -OCH3 is 2. The molecule has 0 heterocycles. The Morgan fingerprint density at radius 2 is 1.48 bits per heavy atom. The van der Waals surface area contributed by atoms with Gasteiger partial charge in [0, 0.05) is 5.69 Å². The Balaban J connectivity index is 2.59. The second-order valence-corrected chi connectivity index (χ2v) is 4.21. The summed E-state index contributed by atoms with van der Waals surface area (Å²) in [6, 6.07) is 8.88. The number of benzene rings is 1. The van der Waals surface area contributed by atoms with Crippen LogP contribution in [0.15, 0.2) is 30.3 Å². The summed E-state index contributed by atoms with van der Waals surface area (Å²) in [4.78, 5) is 35.8. The predicted molar refractivity (Wildman–Crippen MR) is 75.5 cm³/mol. The zero-order valence-electron chi connectivity index (χ0n) is 12.0. The molecule has 0 spiro atoms. The Morgan fingerprint density at radius 3 is 1.95 bits per heavy atom. The van der Waals surface area contributed by atoms with Crippen LogP contribution in [-0.4, -0.2) is 56.6 Å².